The van der Waals surface area contributed by atoms with E-state index in [0.717, 1.165) is 11.1 Å². The fourth-order valence-electron chi connectivity index (χ4n) is 2.84. The van der Waals surface area contributed by atoms with E-state index in [-0.39, 0.29) is 11.5 Å². The third-order valence-corrected chi connectivity index (χ3v) is 5.50. The number of aryl methyl sites for hydroxylation is 2. The van der Waals surface area contributed by atoms with Gasteiger partial charge in [-0.1, -0.05) is 24.3 Å². The van der Waals surface area contributed by atoms with E-state index in [1.54, 1.807) is 49.5 Å². The number of esters is 1. The van der Waals surface area contributed by atoms with Gasteiger partial charge in [-0.15, -0.1) is 11.3 Å². The van der Waals surface area contributed by atoms with Crippen molar-refractivity contribution < 1.29 is 19.1 Å². The molecule has 7 heteroatoms. The summed E-state index contributed by atoms with van der Waals surface area (Å²) in [4.78, 5) is 39.4. The van der Waals surface area contributed by atoms with Gasteiger partial charge >= 0.3 is 5.97 Å². The first-order valence-electron chi connectivity index (χ1n) is 9.31. The number of anilines is 2. The molecule has 2 amide bonds. The summed E-state index contributed by atoms with van der Waals surface area (Å²) in [5.41, 5.74) is 3.44. The fourth-order valence-corrected chi connectivity index (χ4v) is 3.54. The monoisotopic (exact) mass is 422 g/mol. The van der Waals surface area contributed by atoms with E-state index < -0.39 is 18.5 Å². The Morgan fingerprint density at radius 3 is 2.47 bits per heavy atom. The maximum absolute atomic E-state index is 12.6. The van der Waals surface area contributed by atoms with Crippen molar-refractivity contribution in [1.29, 1.82) is 0 Å². The molecule has 0 radical (unpaired) electrons. The van der Waals surface area contributed by atoms with Crippen molar-refractivity contribution in [3.8, 4) is 0 Å². The molecule has 0 aliphatic rings. The predicted molar refractivity (Wildman–Crippen MR) is 118 cm³/mol. The third-order valence-electron chi connectivity index (χ3n) is 4.65. The second kappa shape index (κ2) is 9.37. The van der Waals surface area contributed by atoms with Crippen LogP contribution in [0.5, 0.6) is 0 Å². The van der Waals surface area contributed by atoms with Gasteiger partial charge in [-0.2, -0.15) is 0 Å². The number of amides is 2. The molecule has 1 aromatic heterocycles. The van der Waals surface area contributed by atoms with Crippen LogP contribution in [0, 0.1) is 13.8 Å². The molecule has 0 saturated heterocycles. The molecule has 30 heavy (non-hydrogen) atoms. The van der Waals surface area contributed by atoms with Crippen LogP contribution >= 0.6 is 11.3 Å². The number of benzene rings is 2. The molecule has 0 aliphatic heterocycles. The van der Waals surface area contributed by atoms with E-state index in [0.29, 0.717) is 16.3 Å². The summed E-state index contributed by atoms with van der Waals surface area (Å²) in [6, 6.07) is 15.7. The van der Waals surface area contributed by atoms with Crippen molar-refractivity contribution in [3.05, 3.63) is 81.5 Å². The summed E-state index contributed by atoms with van der Waals surface area (Å²) in [6.45, 7) is 3.51. The number of ether oxygens (including phenoxy) is 1. The van der Waals surface area contributed by atoms with Gasteiger partial charge in [-0.25, -0.2) is 4.79 Å². The van der Waals surface area contributed by atoms with Crippen LogP contribution in [-0.4, -0.2) is 31.4 Å². The van der Waals surface area contributed by atoms with Crippen molar-refractivity contribution in [2.45, 2.75) is 13.8 Å². The molecule has 3 aromatic rings. The molecule has 1 N–H and O–H groups in total. The number of carbonyl (C=O) groups is 3. The van der Waals surface area contributed by atoms with E-state index in [4.69, 9.17) is 4.74 Å². The molecule has 154 valence electrons. The zero-order valence-electron chi connectivity index (χ0n) is 17.0. The van der Waals surface area contributed by atoms with Crippen LogP contribution in [0.15, 0.2) is 60.0 Å². The molecule has 6 nitrogen and oxygen atoms in total. The van der Waals surface area contributed by atoms with Crippen LogP contribution in [0.4, 0.5) is 11.4 Å². The maximum atomic E-state index is 12.6. The van der Waals surface area contributed by atoms with Crippen LogP contribution in [-0.2, 0) is 9.53 Å². The quantitative estimate of drug-likeness (QED) is 0.596. The summed E-state index contributed by atoms with van der Waals surface area (Å²) in [5.74, 6) is -1.34. The predicted octanol–water partition coefficient (Wildman–Crippen LogP) is 4.44. The number of carbonyl (C=O) groups excluding carboxylic acids is 3. The van der Waals surface area contributed by atoms with Gasteiger partial charge in [-0.05, 0) is 60.7 Å². The zero-order valence-corrected chi connectivity index (χ0v) is 17.8. The second-order valence-electron chi connectivity index (χ2n) is 6.78. The Kier molecular flexibility index (Phi) is 6.64. The molecule has 0 fully saturated rings. The van der Waals surface area contributed by atoms with Gasteiger partial charge in [0.15, 0.2) is 6.61 Å². The van der Waals surface area contributed by atoms with E-state index in [1.165, 1.54) is 16.2 Å². The van der Waals surface area contributed by atoms with E-state index >= 15 is 0 Å². The van der Waals surface area contributed by atoms with Gasteiger partial charge in [-0.3, -0.25) is 9.59 Å². The summed E-state index contributed by atoms with van der Waals surface area (Å²) < 4.78 is 5.19. The Hall–Kier alpha value is -3.45. The Morgan fingerprint density at radius 2 is 1.77 bits per heavy atom. The number of para-hydroxylation sites is 1. The lowest BCUT2D eigenvalue weighted by Gasteiger charge is -2.19. The van der Waals surface area contributed by atoms with Crippen LogP contribution < -0.4 is 10.2 Å². The minimum absolute atomic E-state index is 0.212. The number of hydrogen-bond acceptors (Lipinski definition) is 5. The lowest BCUT2D eigenvalue weighted by Crippen LogP contribution is -2.28. The average Bonchev–Trinajstić information content (AvgIpc) is 3.28. The number of nitrogens with zero attached hydrogens (tertiary/aromatic N) is 1. The lowest BCUT2D eigenvalue weighted by molar-refractivity contribution is -0.119. The highest BCUT2D eigenvalue weighted by molar-refractivity contribution is 7.12. The third kappa shape index (κ3) is 4.93. The van der Waals surface area contributed by atoms with Crippen LogP contribution in [0.3, 0.4) is 0 Å². The first-order chi connectivity index (χ1) is 14.4. The maximum Gasteiger partial charge on any atom is 0.340 e. The Balaban J connectivity index is 1.66. The molecule has 0 saturated carbocycles. The van der Waals surface area contributed by atoms with Crippen LogP contribution in [0.25, 0.3) is 0 Å². The molecule has 1 heterocycles. The van der Waals surface area contributed by atoms with Gasteiger partial charge in [0.2, 0.25) is 0 Å². The second-order valence-corrected chi connectivity index (χ2v) is 7.73. The molecule has 0 bridgehead atoms. The van der Waals surface area contributed by atoms with Crippen LogP contribution in [0.2, 0.25) is 0 Å². The molecular formula is C23H22N2O4S. The van der Waals surface area contributed by atoms with E-state index in [9.17, 15) is 14.4 Å². The Labute approximate surface area is 179 Å². The fraction of sp³-hybridized carbons (Fsp3) is 0.174. The van der Waals surface area contributed by atoms with Gasteiger partial charge in [0.1, 0.15) is 0 Å². The number of nitrogens with one attached hydrogen (secondary N) is 1. The zero-order chi connectivity index (χ0) is 21.7. The highest BCUT2D eigenvalue weighted by atomic mass is 32.1. The SMILES string of the molecule is Cc1ccc(NC(=O)COC(=O)c2ccccc2N(C)C(=O)c2cccs2)cc1C. The summed E-state index contributed by atoms with van der Waals surface area (Å²) in [6.07, 6.45) is 0. The van der Waals surface area contributed by atoms with Gasteiger partial charge in [0.05, 0.1) is 16.1 Å². The first kappa shape index (κ1) is 21.3. The normalized spacial score (nSPS) is 10.4. The summed E-state index contributed by atoms with van der Waals surface area (Å²) >= 11 is 1.32. The smallest absolute Gasteiger partial charge is 0.340 e. The molecule has 0 spiro atoms. The van der Waals surface area contributed by atoms with Crippen molar-refractivity contribution >= 4 is 40.5 Å². The van der Waals surface area contributed by atoms with Crippen molar-refractivity contribution in [1.82, 2.24) is 0 Å². The van der Waals surface area contributed by atoms with E-state index in [2.05, 4.69) is 5.32 Å². The van der Waals surface area contributed by atoms with Gasteiger partial charge in [0.25, 0.3) is 11.8 Å². The minimum Gasteiger partial charge on any atom is -0.452 e. The van der Waals surface area contributed by atoms with Crippen molar-refractivity contribution in [2.24, 2.45) is 0 Å². The minimum atomic E-state index is -0.674. The van der Waals surface area contributed by atoms with Crippen molar-refractivity contribution in [2.75, 3.05) is 23.9 Å². The number of rotatable bonds is 6. The largest absolute Gasteiger partial charge is 0.452 e. The molecular weight excluding hydrogens is 400 g/mol. The lowest BCUT2D eigenvalue weighted by atomic mass is 10.1. The molecule has 0 unspecified atom stereocenters. The van der Waals surface area contributed by atoms with Gasteiger partial charge < -0.3 is 15.0 Å². The standard InChI is InChI=1S/C23H22N2O4S/c1-15-10-11-17(13-16(15)2)24-21(26)14-29-23(28)18-7-4-5-8-19(18)25(3)22(27)20-9-6-12-30-20/h4-13H,14H2,1-3H3,(H,24,26). The average molecular weight is 423 g/mol. The van der Waals surface area contributed by atoms with Crippen molar-refractivity contribution in [3.63, 3.8) is 0 Å². The molecule has 3 rings (SSSR count). The summed E-state index contributed by atoms with van der Waals surface area (Å²) in [7, 11) is 1.60. The number of thiophene rings is 1. The molecule has 2 aromatic carbocycles. The molecule has 0 atom stereocenters. The van der Waals surface area contributed by atoms with Gasteiger partial charge in [0, 0.05) is 12.7 Å². The highest BCUT2D eigenvalue weighted by Crippen LogP contribution is 2.23. The van der Waals surface area contributed by atoms with E-state index in [1.807, 2.05) is 31.4 Å². The Bertz CT molecular complexity index is 1080. The Morgan fingerprint density at radius 1 is 1.00 bits per heavy atom. The topological polar surface area (TPSA) is 75.7 Å². The first-order valence-corrected chi connectivity index (χ1v) is 10.2. The molecule has 0 aliphatic carbocycles. The highest BCUT2D eigenvalue weighted by Gasteiger charge is 2.21. The van der Waals surface area contributed by atoms with Crippen LogP contribution in [0.1, 0.15) is 31.2 Å². The number of hydrogen-bond donors (Lipinski definition) is 1. The summed E-state index contributed by atoms with van der Waals surface area (Å²) in [5, 5.41) is 4.53.